The van der Waals surface area contributed by atoms with E-state index in [2.05, 4.69) is 11.4 Å². The van der Waals surface area contributed by atoms with Gasteiger partial charge in [-0.15, -0.1) is 0 Å². The topological polar surface area (TPSA) is 56.1 Å². The highest BCUT2D eigenvalue weighted by Crippen LogP contribution is 2.31. The molecule has 0 spiro atoms. The summed E-state index contributed by atoms with van der Waals surface area (Å²) in [6, 6.07) is 7.12. The lowest BCUT2D eigenvalue weighted by Crippen LogP contribution is -2.43. The fourth-order valence-electron chi connectivity index (χ4n) is 1.62. The molecule has 1 unspecified atom stereocenters. The third-order valence-electron chi connectivity index (χ3n) is 2.73. The predicted molar refractivity (Wildman–Crippen MR) is 57.7 cm³/mol. The van der Waals surface area contributed by atoms with E-state index in [-0.39, 0.29) is 11.9 Å². The Hall–Kier alpha value is -2.02. The Balaban J connectivity index is 2.52. The zero-order chi connectivity index (χ0) is 11.0. The Kier molecular flexibility index (Phi) is 2.09. The molecule has 15 heavy (non-hydrogen) atoms. The fourth-order valence-corrected chi connectivity index (χ4v) is 1.62. The maximum Gasteiger partial charge on any atom is 0.246 e. The number of carbonyl (C=O) groups excluding carboxylic acids is 1. The van der Waals surface area contributed by atoms with E-state index in [4.69, 9.17) is 5.26 Å². The highest BCUT2D eigenvalue weighted by atomic mass is 16.2. The first-order chi connectivity index (χ1) is 7.13. The average Bonchev–Trinajstić information content (AvgIpc) is 2.26. The van der Waals surface area contributed by atoms with Crippen molar-refractivity contribution in [2.75, 3.05) is 17.3 Å². The number of nitrogens with zero attached hydrogens (tertiary/aromatic N) is 2. The highest BCUT2D eigenvalue weighted by Gasteiger charge is 2.26. The molecule has 0 aromatic heterocycles. The van der Waals surface area contributed by atoms with Crippen LogP contribution in [0.1, 0.15) is 12.5 Å². The summed E-state index contributed by atoms with van der Waals surface area (Å²) in [5.41, 5.74) is 2.25. The fraction of sp³-hybridized carbons (Fsp3) is 0.273. The lowest BCUT2D eigenvalue weighted by atomic mass is 10.1. The van der Waals surface area contributed by atoms with Crippen LogP contribution in [0.3, 0.4) is 0 Å². The zero-order valence-electron chi connectivity index (χ0n) is 8.61. The Morgan fingerprint density at radius 2 is 2.27 bits per heavy atom. The molecule has 1 amide bonds. The third-order valence-corrected chi connectivity index (χ3v) is 2.73. The van der Waals surface area contributed by atoms with Crippen LogP contribution in [0.2, 0.25) is 0 Å². The molecule has 0 saturated heterocycles. The van der Waals surface area contributed by atoms with E-state index in [0.29, 0.717) is 5.56 Å². The number of nitriles is 1. The lowest BCUT2D eigenvalue weighted by Gasteiger charge is -2.33. The Morgan fingerprint density at radius 3 is 2.93 bits per heavy atom. The van der Waals surface area contributed by atoms with Crippen molar-refractivity contribution in [3.05, 3.63) is 23.8 Å². The van der Waals surface area contributed by atoms with Crippen LogP contribution in [0.15, 0.2) is 18.2 Å². The first kappa shape index (κ1) is 9.53. The standard InChI is InChI=1S/C11H11N3O/c1-7-11(15)13-9-4-3-8(6-12)5-10(9)14(7)2/h3-5,7H,1-2H3,(H,13,15). The van der Waals surface area contributed by atoms with E-state index >= 15 is 0 Å². The van der Waals surface area contributed by atoms with Crippen molar-refractivity contribution < 1.29 is 4.79 Å². The van der Waals surface area contributed by atoms with Gasteiger partial charge in [-0.05, 0) is 25.1 Å². The van der Waals surface area contributed by atoms with E-state index < -0.39 is 0 Å². The molecule has 1 aromatic carbocycles. The number of nitrogens with one attached hydrogen (secondary N) is 1. The van der Waals surface area contributed by atoms with Crippen molar-refractivity contribution >= 4 is 17.3 Å². The molecule has 1 aliphatic rings. The van der Waals surface area contributed by atoms with Crippen LogP contribution in [-0.4, -0.2) is 19.0 Å². The van der Waals surface area contributed by atoms with Gasteiger partial charge in [-0.1, -0.05) is 0 Å². The number of hydrogen-bond acceptors (Lipinski definition) is 3. The maximum absolute atomic E-state index is 11.5. The number of benzene rings is 1. The summed E-state index contributed by atoms with van der Waals surface area (Å²) in [6.07, 6.45) is 0. The molecule has 0 saturated carbocycles. The molecule has 1 atom stereocenters. The summed E-state index contributed by atoms with van der Waals surface area (Å²) in [5, 5.41) is 11.6. The monoisotopic (exact) mass is 201 g/mol. The van der Waals surface area contributed by atoms with Crippen molar-refractivity contribution in [1.82, 2.24) is 0 Å². The van der Waals surface area contributed by atoms with Crippen LogP contribution < -0.4 is 10.2 Å². The third kappa shape index (κ3) is 1.42. The van der Waals surface area contributed by atoms with Crippen LogP contribution in [-0.2, 0) is 4.79 Å². The largest absolute Gasteiger partial charge is 0.361 e. The summed E-state index contributed by atoms with van der Waals surface area (Å²) >= 11 is 0. The van der Waals surface area contributed by atoms with E-state index in [1.54, 1.807) is 18.2 Å². The van der Waals surface area contributed by atoms with Gasteiger partial charge < -0.3 is 10.2 Å². The number of fused-ring (bicyclic) bond motifs is 1. The molecule has 0 aliphatic carbocycles. The molecular weight excluding hydrogens is 190 g/mol. The zero-order valence-corrected chi connectivity index (χ0v) is 8.61. The van der Waals surface area contributed by atoms with Gasteiger partial charge in [0.15, 0.2) is 0 Å². The highest BCUT2D eigenvalue weighted by molar-refractivity contribution is 6.03. The van der Waals surface area contributed by atoms with Gasteiger partial charge in [0.25, 0.3) is 0 Å². The lowest BCUT2D eigenvalue weighted by molar-refractivity contribution is -0.117. The Bertz CT molecular complexity index is 461. The number of rotatable bonds is 0. The molecule has 2 rings (SSSR count). The number of carbonyl (C=O) groups is 1. The first-order valence-corrected chi connectivity index (χ1v) is 4.71. The van der Waals surface area contributed by atoms with Crippen molar-refractivity contribution in [1.29, 1.82) is 5.26 Å². The Morgan fingerprint density at radius 1 is 1.53 bits per heavy atom. The molecule has 0 radical (unpaired) electrons. The minimum Gasteiger partial charge on any atom is -0.361 e. The maximum atomic E-state index is 11.5. The minimum atomic E-state index is -0.202. The van der Waals surface area contributed by atoms with Gasteiger partial charge in [-0.2, -0.15) is 5.26 Å². The second-order valence-corrected chi connectivity index (χ2v) is 3.62. The quantitative estimate of drug-likeness (QED) is 0.689. The van der Waals surface area contributed by atoms with Crippen molar-refractivity contribution in [2.24, 2.45) is 0 Å². The van der Waals surface area contributed by atoms with Crippen LogP contribution >= 0.6 is 0 Å². The number of hydrogen-bond donors (Lipinski definition) is 1. The van der Waals surface area contributed by atoms with Gasteiger partial charge in [0.1, 0.15) is 6.04 Å². The van der Waals surface area contributed by atoms with Crippen LogP contribution in [0.5, 0.6) is 0 Å². The van der Waals surface area contributed by atoms with Crippen molar-refractivity contribution in [3.8, 4) is 6.07 Å². The minimum absolute atomic E-state index is 0.0188. The average molecular weight is 201 g/mol. The molecule has 1 N–H and O–H groups in total. The smallest absolute Gasteiger partial charge is 0.246 e. The van der Waals surface area contributed by atoms with Crippen molar-refractivity contribution in [2.45, 2.75) is 13.0 Å². The van der Waals surface area contributed by atoms with E-state index in [1.165, 1.54) is 0 Å². The molecule has 4 nitrogen and oxygen atoms in total. The summed E-state index contributed by atoms with van der Waals surface area (Å²) in [6.45, 7) is 1.83. The normalized spacial score (nSPS) is 19.1. The van der Waals surface area contributed by atoms with Gasteiger partial charge in [-0.3, -0.25) is 4.79 Å². The number of anilines is 2. The van der Waals surface area contributed by atoms with Gasteiger partial charge >= 0.3 is 0 Å². The second kappa shape index (κ2) is 3.28. The molecule has 1 aliphatic heterocycles. The van der Waals surface area contributed by atoms with E-state index in [1.807, 2.05) is 18.9 Å². The molecule has 1 aromatic rings. The second-order valence-electron chi connectivity index (χ2n) is 3.62. The summed E-state index contributed by atoms with van der Waals surface area (Å²) in [7, 11) is 1.85. The SMILES string of the molecule is CC1C(=O)Nc2ccc(C#N)cc2N1C. The van der Waals surface area contributed by atoms with Crippen LogP contribution in [0.4, 0.5) is 11.4 Å². The summed E-state index contributed by atoms with van der Waals surface area (Å²) < 4.78 is 0. The summed E-state index contributed by atoms with van der Waals surface area (Å²) in [4.78, 5) is 13.4. The Labute approximate surface area is 88.1 Å². The molecule has 4 heteroatoms. The molecule has 0 bridgehead atoms. The van der Waals surface area contributed by atoms with Gasteiger partial charge in [0, 0.05) is 7.05 Å². The molecule has 1 heterocycles. The summed E-state index contributed by atoms with van der Waals surface area (Å²) in [5.74, 6) is -0.0188. The van der Waals surface area contributed by atoms with E-state index in [0.717, 1.165) is 11.4 Å². The van der Waals surface area contributed by atoms with E-state index in [9.17, 15) is 4.79 Å². The molecule has 76 valence electrons. The molecular formula is C11H11N3O. The predicted octanol–water partition coefficient (Wildman–Crippen LogP) is 1.34. The molecule has 0 fully saturated rings. The van der Waals surface area contributed by atoms with Gasteiger partial charge in [0.05, 0.1) is 23.0 Å². The number of amides is 1. The van der Waals surface area contributed by atoms with Gasteiger partial charge in [-0.25, -0.2) is 0 Å². The van der Waals surface area contributed by atoms with Crippen LogP contribution in [0, 0.1) is 11.3 Å². The van der Waals surface area contributed by atoms with Gasteiger partial charge in [0.2, 0.25) is 5.91 Å². The first-order valence-electron chi connectivity index (χ1n) is 4.71. The number of likely N-dealkylation sites (N-methyl/N-ethyl adjacent to an activating group) is 1. The van der Waals surface area contributed by atoms with Crippen LogP contribution in [0.25, 0.3) is 0 Å². The van der Waals surface area contributed by atoms with Crippen molar-refractivity contribution in [3.63, 3.8) is 0 Å².